The van der Waals surface area contributed by atoms with Crippen LogP contribution < -0.4 is 0 Å². The van der Waals surface area contributed by atoms with Gasteiger partial charge < -0.3 is 10.2 Å². The van der Waals surface area contributed by atoms with E-state index >= 15 is 0 Å². The summed E-state index contributed by atoms with van der Waals surface area (Å²) < 4.78 is 0. The zero-order chi connectivity index (χ0) is 18.3. The minimum Gasteiger partial charge on any atom is -0.504 e. The maximum Gasteiger partial charge on any atom is 0.173 e. The van der Waals surface area contributed by atoms with Crippen molar-refractivity contribution < 1.29 is 15.0 Å². The van der Waals surface area contributed by atoms with Crippen molar-refractivity contribution in [3.63, 3.8) is 0 Å². The van der Waals surface area contributed by atoms with Gasteiger partial charge in [-0.25, -0.2) is 9.97 Å². The SMILES string of the molecule is Cc1nc(SCC(=O)c2ccc(O)c(O)c2)c2c3c(sc2n1)CCCC3. The summed E-state index contributed by atoms with van der Waals surface area (Å²) in [6.07, 6.45) is 4.56. The van der Waals surface area contributed by atoms with Crippen LogP contribution in [0, 0.1) is 6.92 Å². The Morgan fingerprint density at radius 3 is 2.81 bits per heavy atom. The normalized spacial score (nSPS) is 13.7. The Kier molecular flexibility index (Phi) is 4.58. The van der Waals surface area contributed by atoms with Gasteiger partial charge in [0.05, 0.1) is 5.75 Å². The minimum atomic E-state index is -0.284. The Labute approximate surface area is 159 Å². The van der Waals surface area contributed by atoms with Crippen molar-refractivity contribution in [3.8, 4) is 11.5 Å². The van der Waals surface area contributed by atoms with E-state index in [2.05, 4.69) is 9.97 Å². The number of nitrogens with zero attached hydrogens (tertiary/aromatic N) is 2. The average molecular weight is 386 g/mol. The molecule has 0 atom stereocenters. The maximum absolute atomic E-state index is 12.5. The first-order valence-corrected chi connectivity index (χ1v) is 10.3. The molecular weight excluding hydrogens is 368 g/mol. The number of benzene rings is 1. The van der Waals surface area contributed by atoms with Crippen LogP contribution in [-0.2, 0) is 12.8 Å². The van der Waals surface area contributed by atoms with Crippen LogP contribution >= 0.6 is 23.1 Å². The molecular formula is C19H18N2O3S2. The van der Waals surface area contributed by atoms with Gasteiger partial charge in [0.2, 0.25) is 0 Å². The van der Waals surface area contributed by atoms with Crippen LogP contribution in [0.4, 0.5) is 0 Å². The molecule has 0 fully saturated rings. The van der Waals surface area contributed by atoms with E-state index in [1.54, 1.807) is 11.3 Å². The van der Waals surface area contributed by atoms with Crippen molar-refractivity contribution in [2.24, 2.45) is 0 Å². The predicted molar refractivity (Wildman–Crippen MR) is 104 cm³/mol. The second kappa shape index (κ2) is 6.89. The molecule has 0 unspecified atom stereocenters. The molecule has 1 aromatic carbocycles. The van der Waals surface area contributed by atoms with Crippen LogP contribution in [0.3, 0.4) is 0 Å². The largest absolute Gasteiger partial charge is 0.504 e. The number of rotatable bonds is 4. The summed E-state index contributed by atoms with van der Waals surface area (Å²) in [4.78, 5) is 24.1. The van der Waals surface area contributed by atoms with Crippen molar-refractivity contribution in [2.45, 2.75) is 37.6 Å². The van der Waals surface area contributed by atoms with Gasteiger partial charge in [0, 0.05) is 15.8 Å². The Morgan fingerprint density at radius 2 is 2.00 bits per heavy atom. The van der Waals surface area contributed by atoms with E-state index in [1.165, 1.54) is 53.2 Å². The summed E-state index contributed by atoms with van der Waals surface area (Å²) in [5, 5.41) is 21.0. The molecule has 2 N–H and O–H groups in total. The van der Waals surface area contributed by atoms with E-state index in [-0.39, 0.29) is 23.0 Å². The number of fused-ring (bicyclic) bond motifs is 3. The van der Waals surface area contributed by atoms with Gasteiger partial charge in [-0.1, -0.05) is 11.8 Å². The Morgan fingerprint density at radius 1 is 1.19 bits per heavy atom. The molecule has 0 amide bonds. The highest BCUT2D eigenvalue weighted by molar-refractivity contribution is 8.00. The van der Waals surface area contributed by atoms with Crippen molar-refractivity contribution in [1.29, 1.82) is 0 Å². The zero-order valence-electron chi connectivity index (χ0n) is 14.3. The van der Waals surface area contributed by atoms with Gasteiger partial charge in [-0.05, 0) is 56.4 Å². The van der Waals surface area contributed by atoms with Gasteiger partial charge >= 0.3 is 0 Å². The van der Waals surface area contributed by atoms with Crippen molar-refractivity contribution in [2.75, 3.05) is 5.75 Å². The Hall–Kier alpha value is -2.12. The number of thioether (sulfide) groups is 1. The third-order valence-corrected chi connectivity index (χ3v) is 6.69. The van der Waals surface area contributed by atoms with E-state index in [9.17, 15) is 15.0 Å². The number of phenolic OH excluding ortho intramolecular Hbond substituents is 2. The summed E-state index contributed by atoms with van der Waals surface area (Å²) in [7, 11) is 0. The topological polar surface area (TPSA) is 83.3 Å². The highest BCUT2D eigenvalue weighted by Gasteiger charge is 2.21. The van der Waals surface area contributed by atoms with Gasteiger partial charge in [-0.3, -0.25) is 4.79 Å². The lowest BCUT2D eigenvalue weighted by molar-refractivity contribution is 0.102. The molecule has 0 radical (unpaired) electrons. The molecule has 5 nitrogen and oxygen atoms in total. The number of thiophene rings is 1. The molecule has 0 aliphatic heterocycles. The fraction of sp³-hybridized carbons (Fsp3) is 0.316. The fourth-order valence-corrected chi connectivity index (χ4v) is 5.61. The maximum atomic E-state index is 12.5. The van der Waals surface area contributed by atoms with Gasteiger partial charge in [0.15, 0.2) is 17.3 Å². The molecule has 1 aliphatic carbocycles. The fourth-order valence-electron chi connectivity index (χ4n) is 3.24. The smallest absolute Gasteiger partial charge is 0.173 e. The van der Waals surface area contributed by atoms with Crippen molar-refractivity contribution in [1.82, 2.24) is 9.97 Å². The number of carbonyl (C=O) groups is 1. The standard InChI is InChI=1S/C19H18N2O3S2/c1-10-20-18(17-12-4-2-3-5-16(12)26-19(17)21-10)25-9-15(24)11-6-7-13(22)14(23)8-11/h6-8,22-23H,2-5,9H2,1H3. The molecule has 3 aromatic rings. The molecule has 0 saturated heterocycles. The van der Waals surface area contributed by atoms with E-state index in [0.717, 1.165) is 28.1 Å². The number of hydrogen-bond donors (Lipinski definition) is 2. The lowest BCUT2D eigenvalue weighted by atomic mass is 9.97. The molecule has 7 heteroatoms. The van der Waals surface area contributed by atoms with Crippen LogP contribution in [0.1, 0.15) is 39.5 Å². The molecule has 2 heterocycles. The summed E-state index contributed by atoms with van der Waals surface area (Å²) in [6.45, 7) is 1.88. The molecule has 2 aromatic heterocycles. The average Bonchev–Trinajstić information content (AvgIpc) is 2.99. The van der Waals surface area contributed by atoms with Crippen LogP contribution in [-0.4, -0.2) is 31.7 Å². The number of aryl methyl sites for hydroxylation is 3. The molecule has 0 spiro atoms. The quantitative estimate of drug-likeness (QED) is 0.302. The van der Waals surface area contributed by atoms with Crippen LogP contribution in [0.15, 0.2) is 23.2 Å². The number of hydrogen-bond acceptors (Lipinski definition) is 7. The molecule has 0 bridgehead atoms. The third-order valence-electron chi connectivity index (χ3n) is 4.53. The molecule has 1 aliphatic rings. The van der Waals surface area contributed by atoms with Crippen molar-refractivity contribution in [3.05, 3.63) is 40.0 Å². The lowest BCUT2D eigenvalue weighted by Gasteiger charge is -2.11. The van der Waals surface area contributed by atoms with Gasteiger partial charge in [0.1, 0.15) is 15.7 Å². The molecule has 4 rings (SSSR count). The first kappa shape index (κ1) is 17.3. The second-order valence-corrected chi connectivity index (χ2v) is 8.43. The number of carbonyl (C=O) groups excluding carboxylic acids is 1. The Bertz CT molecular complexity index is 1010. The van der Waals surface area contributed by atoms with E-state index in [4.69, 9.17) is 0 Å². The van der Waals surface area contributed by atoms with Gasteiger partial charge in [-0.15, -0.1) is 11.3 Å². The zero-order valence-corrected chi connectivity index (χ0v) is 15.9. The Balaban J connectivity index is 1.63. The predicted octanol–water partition coefficient (Wildman–Crippen LogP) is 4.26. The number of phenols is 2. The second-order valence-electron chi connectivity index (χ2n) is 6.38. The third kappa shape index (κ3) is 3.17. The van der Waals surface area contributed by atoms with Crippen LogP contribution in [0.2, 0.25) is 0 Å². The molecule has 134 valence electrons. The summed E-state index contributed by atoms with van der Waals surface area (Å²) in [5.74, 6) is 0.313. The summed E-state index contributed by atoms with van der Waals surface area (Å²) >= 11 is 3.17. The summed E-state index contributed by atoms with van der Waals surface area (Å²) in [5.41, 5.74) is 1.73. The van der Waals surface area contributed by atoms with E-state index in [1.807, 2.05) is 6.92 Å². The monoisotopic (exact) mass is 386 g/mol. The van der Waals surface area contributed by atoms with Gasteiger partial charge in [0.25, 0.3) is 0 Å². The number of ketones is 1. The van der Waals surface area contributed by atoms with Crippen LogP contribution in [0.5, 0.6) is 11.5 Å². The highest BCUT2D eigenvalue weighted by Crippen LogP contribution is 2.39. The number of aromatic nitrogens is 2. The van der Waals surface area contributed by atoms with E-state index in [0.29, 0.717) is 11.4 Å². The first-order valence-electron chi connectivity index (χ1n) is 8.50. The lowest BCUT2D eigenvalue weighted by Crippen LogP contribution is -2.04. The molecule has 26 heavy (non-hydrogen) atoms. The summed E-state index contributed by atoms with van der Waals surface area (Å²) in [6, 6.07) is 4.15. The molecule has 0 saturated carbocycles. The van der Waals surface area contributed by atoms with Crippen molar-refractivity contribution >= 4 is 39.1 Å². The number of aromatic hydroxyl groups is 2. The van der Waals surface area contributed by atoms with Crippen LogP contribution in [0.25, 0.3) is 10.2 Å². The minimum absolute atomic E-state index is 0.112. The highest BCUT2D eigenvalue weighted by atomic mass is 32.2. The van der Waals surface area contributed by atoms with Gasteiger partial charge in [-0.2, -0.15) is 0 Å². The number of Topliss-reactive ketones (excluding diaryl/α,β-unsaturated/α-hetero) is 1. The van der Waals surface area contributed by atoms with E-state index < -0.39 is 0 Å². The first-order chi connectivity index (χ1) is 12.5.